The zero-order chi connectivity index (χ0) is 17.3. The topological polar surface area (TPSA) is 111 Å². The van der Waals surface area contributed by atoms with E-state index in [2.05, 4.69) is 21.3 Å². The predicted octanol–water partition coefficient (Wildman–Crippen LogP) is -1.31. The van der Waals surface area contributed by atoms with Crippen LogP contribution in [0.25, 0.3) is 0 Å². The van der Waals surface area contributed by atoms with Crippen molar-refractivity contribution >= 4 is 5.91 Å². The standard InChI is InChI=1S/C16H29N5O2/c1-18-9-16(10-19-2,11-20-3)21-8-12-4-6-13(7-5-12)14(22)15(17)23/h4-7,14,18-22H,8-11H2,1-3H3,(H2,17,23). The van der Waals surface area contributed by atoms with Gasteiger partial charge in [-0.2, -0.15) is 0 Å². The van der Waals surface area contributed by atoms with Crippen LogP contribution in [0.3, 0.4) is 0 Å². The fourth-order valence-electron chi connectivity index (χ4n) is 2.66. The second-order valence-corrected chi connectivity index (χ2v) is 5.77. The number of amides is 1. The van der Waals surface area contributed by atoms with Crippen LogP contribution in [-0.2, 0) is 11.3 Å². The van der Waals surface area contributed by atoms with Gasteiger partial charge in [0, 0.05) is 26.2 Å². The Hall–Kier alpha value is -1.51. The highest BCUT2D eigenvalue weighted by atomic mass is 16.3. The number of rotatable bonds is 11. The first-order valence-electron chi connectivity index (χ1n) is 7.73. The quantitative estimate of drug-likeness (QED) is 0.302. The zero-order valence-corrected chi connectivity index (χ0v) is 14.1. The van der Waals surface area contributed by atoms with Crippen LogP contribution >= 0.6 is 0 Å². The van der Waals surface area contributed by atoms with Crippen LogP contribution in [0.1, 0.15) is 17.2 Å². The van der Waals surface area contributed by atoms with E-state index in [0.29, 0.717) is 12.1 Å². The van der Waals surface area contributed by atoms with E-state index in [1.54, 1.807) is 12.1 Å². The minimum Gasteiger partial charge on any atom is -0.378 e. The molecule has 0 aliphatic heterocycles. The highest BCUT2D eigenvalue weighted by molar-refractivity contribution is 5.80. The summed E-state index contributed by atoms with van der Waals surface area (Å²) in [6.07, 6.45) is -1.26. The van der Waals surface area contributed by atoms with Gasteiger partial charge in [0.2, 0.25) is 0 Å². The van der Waals surface area contributed by atoms with Crippen LogP contribution in [0.4, 0.5) is 0 Å². The van der Waals surface area contributed by atoms with Gasteiger partial charge in [0.25, 0.3) is 5.91 Å². The molecule has 0 heterocycles. The van der Waals surface area contributed by atoms with Crippen molar-refractivity contribution in [3.05, 3.63) is 35.4 Å². The van der Waals surface area contributed by atoms with Crippen LogP contribution in [-0.4, -0.2) is 57.3 Å². The Morgan fingerprint density at radius 1 is 1.09 bits per heavy atom. The van der Waals surface area contributed by atoms with Crippen LogP contribution in [0.2, 0.25) is 0 Å². The van der Waals surface area contributed by atoms with Gasteiger partial charge < -0.3 is 32.1 Å². The molecule has 7 nitrogen and oxygen atoms in total. The minimum atomic E-state index is -1.26. The predicted molar refractivity (Wildman–Crippen MR) is 91.9 cm³/mol. The molecule has 1 unspecified atom stereocenters. The van der Waals surface area contributed by atoms with E-state index < -0.39 is 12.0 Å². The number of nitrogens with two attached hydrogens (primary N) is 1. The van der Waals surface area contributed by atoms with Crippen molar-refractivity contribution in [1.29, 1.82) is 0 Å². The summed E-state index contributed by atoms with van der Waals surface area (Å²) >= 11 is 0. The SMILES string of the molecule is CNCC(CNC)(CNC)NCc1ccc(C(O)C(N)=O)cc1. The number of carbonyl (C=O) groups is 1. The van der Waals surface area contributed by atoms with Gasteiger partial charge in [-0.1, -0.05) is 24.3 Å². The number of nitrogens with one attached hydrogen (secondary N) is 4. The van der Waals surface area contributed by atoms with Gasteiger partial charge in [0.1, 0.15) is 0 Å². The van der Waals surface area contributed by atoms with Crippen LogP contribution in [0.5, 0.6) is 0 Å². The number of primary amides is 1. The third-order valence-corrected chi connectivity index (χ3v) is 3.78. The maximum Gasteiger partial charge on any atom is 0.250 e. The molecule has 1 aromatic rings. The van der Waals surface area contributed by atoms with Crippen molar-refractivity contribution in [3.8, 4) is 0 Å². The average Bonchev–Trinajstić information content (AvgIpc) is 2.53. The second kappa shape index (κ2) is 9.59. The summed E-state index contributed by atoms with van der Waals surface area (Å²) in [4.78, 5) is 11.0. The van der Waals surface area contributed by atoms with Crippen LogP contribution in [0.15, 0.2) is 24.3 Å². The summed E-state index contributed by atoms with van der Waals surface area (Å²) < 4.78 is 0. The van der Waals surface area contributed by atoms with E-state index in [0.717, 1.165) is 25.2 Å². The lowest BCUT2D eigenvalue weighted by Crippen LogP contribution is -2.62. The Bertz CT molecular complexity index is 461. The number of likely N-dealkylation sites (N-methyl/N-ethyl adjacent to an activating group) is 3. The molecule has 0 aliphatic rings. The number of benzene rings is 1. The van der Waals surface area contributed by atoms with E-state index in [9.17, 15) is 9.90 Å². The number of hydrogen-bond donors (Lipinski definition) is 6. The normalized spacial score (nSPS) is 13.0. The lowest BCUT2D eigenvalue weighted by molar-refractivity contribution is -0.126. The Labute approximate surface area is 138 Å². The number of hydrogen-bond acceptors (Lipinski definition) is 6. The maximum absolute atomic E-state index is 11.0. The van der Waals surface area contributed by atoms with Gasteiger partial charge in [-0.3, -0.25) is 4.79 Å². The highest BCUT2D eigenvalue weighted by Gasteiger charge is 2.27. The fourth-order valence-corrected chi connectivity index (χ4v) is 2.66. The van der Waals surface area contributed by atoms with Crippen molar-refractivity contribution in [2.24, 2.45) is 5.73 Å². The Morgan fingerprint density at radius 2 is 1.57 bits per heavy atom. The summed E-state index contributed by atoms with van der Waals surface area (Å²) in [5.41, 5.74) is 6.55. The molecule has 0 spiro atoms. The number of aliphatic hydroxyl groups excluding tert-OH is 1. The zero-order valence-electron chi connectivity index (χ0n) is 14.1. The third-order valence-electron chi connectivity index (χ3n) is 3.78. The summed E-state index contributed by atoms with van der Waals surface area (Å²) in [5, 5.41) is 22.9. The molecule has 0 bridgehead atoms. The average molecular weight is 323 g/mol. The van der Waals surface area contributed by atoms with Crippen molar-refractivity contribution in [2.45, 2.75) is 18.2 Å². The molecule has 1 amide bonds. The van der Waals surface area contributed by atoms with E-state index in [-0.39, 0.29) is 5.54 Å². The van der Waals surface area contributed by atoms with Gasteiger partial charge in [-0.05, 0) is 32.3 Å². The molecular formula is C16H29N5O2. The molecule has 0 aliphatic carbocycles. The highest BCUT2D eigenvalue weighted by Crippen LogP contribution is 2.14. The molecule has 1 rings (SSSR count). The summed E-state index contributed by atoms with van der Waals surface area (Å²) in [6.45, 7) is 3.12. The molecule has 1 aromatic carbocycles. The lowest BCUT2D eigenvalue weighted by atomic mass is 9.98. The van der Waals surface area contributed by atoms with Crippen LogP contribution < -0.4 is 27.0 Å². The molecule has 130 valence electrons. The molecule has 0 saturated carbocycles. The first kappa shape index (κ1) is 19.5. The molecule has 0 aromatic heterocycles. The van der Waals surface area contributed by atoms with E-state index in [4.69, 9.17) is 5.73 Å². The molecule has 0 saturated heterocycles. The molecular weight excluding hydrogens is 294 g/mol. The smallest absolute Gasteiger partial charge is 0.250 e. The Morgan fingerprint density at radius 3 is 1.96 bits per heavy atom. The van der Waals surface area contributed by atoms with Crippen molar-refractivity contribution < 1.29 is 9.90 Å². The van der Waals surface area contributed by atoms with Gasteiger partial charge >= 0.3 is 0 Å². The Balaban J connectivity index is 2.75. The lowest BCUT2D eigenvalue weighted by Gasteiger charge is -2.35. The van der Waals surface area contributed by atoms with Crippen molar-refractivity contribution in [2.75, 3.05) is 40.8 Å². The summed E-state index contributed by atoms with van der Waals surface area (Å²) in [6, 6.07) is 7.22. The van der Waals surface area contributed by atoms with Gasteiger partial charge in [-0.25, -0.2) is 0 Å². The summed E-state index contributed by atoms with van der Waals surface area (Å²) in [5.74, 6) is -0.744. The van der Waals surface area contributed by atoms with Crippen molar-refractivity contribution in [3.63, 3.8) is 0 Å². The molecule has 1 atom stereocenters. The minimum absolute atomic E-state index is 0.121. The Kier molecular flexibility index (Phi) is 8.15. The van der Waals surface area contributed by atoms with E-state index >= 15 is 0 Å². The molecule has 7 heteroatoms. The van der Waals surface area contributed by atoms with E-state index in [1.165, 1.54) is 0 Å². The second-order valence-electron chi connectivity index (χ2n) is 5.77. The fraction of sp³-hybridized carbons (Fsp3) is 0.562. The van der Waals surface area contributed by atoms with Crippen molar-refractivity contribution in [1.82, 2.24) is 21.3 Å². The van der Waals surface area contributed by atoms with Gasteiger partial charge in [-0.15, -0.1) is 0 Å². The number of aliphatic hydroxyl groups is 1. The number of carbonyl (C=O) groups excluding carboxylic acids is 1. The molecule has 23 heavy (non-hydrogen) atoms. The first-order valence-corrected chi connectivity index (χ1v) is 7.73. The van der Waals surface area contributed by atoms with E-state index in [1.807, 2.05) is 33.3 Å². The third kappa shape index (κ3) is 5.89. The van der Waals surface area contributed by atoms with Gasteiger partial charge in [0.05, 0.1) is 5.54 Å². The first-order chi connectivity index (χ1) is 11.0. The molecule has 0 radical (unpaired) electrons. The maximum atomic E-state index is 11.0. The monoisotopic (exact) mass is 323 g/mol. The van der Waals surface area contributed by atoms with Gasteiger partial charge in [0.15, 0.2) is 6.10 Å². The molecule has 7 N–H and O–H groups in total. The van der Waals surface area contributed by atoms with Crippen LogP contribution in [0, 0.1) is 0 Å². The molecule has 0 fully saturated rings. The largest absolute Gasteiger partial charge is 0.378 e. The summed E-state index contributed by atoms with van der Waals surface area (Å²) in [7, 11) is 5.80.